The highest BCUT2D eigenvalue weighted by Gasteiger charge is 2.38. The summed E-state index contributed by atoms with van der Waals surface area (Å²) in [7, 11) is 0. The normalized spacial score (nSPS) is 12.2. The Morgan fingerprint density at radius 1 is 0.455 bits per heavy atom. The zero-order valence-electron chi connectivity index (χ0n) is 40.6. The number of benzene rings is 2. The molecule has 0 saturated carbocycles. The Morgan fingerprint density at radius 3 is 1.18 bits per heavy atom. The van der Waals surface area contributed by atoms with Crippen molar-refractivity contribution in [1.82, 2.24) is 10.6 Å². The standard InChI is InChI=1S/C54H84N4O8/c1-3-5-7-9-11-13-15-17-19-21-23-25-27-29-47(61)65-41-39-55-35-37-57-43-31-32-44(50-49(43)53(63)51-45(59)33-34-46(60)52(51)54(50)64)58-38-36-56-40-42-66-48(62)30-28-26-24-22-20-18-16-14-12-10-8-6-4-2/h13-16,31-34,55-60H,3-12,17-30,35-42H2,1-2H3/b15-13+,16-14+. The number of hydrogen-bond acceptors (Lipinski definition) is 12. The first kappa shape index (κ1) is 55.6. The first-order valence-corrected chi connectivity index (χ1v) is 25.6. The molecule has 12 nitrogen and oxygen atoms in total. The molecule has 1 aliphatic carbocycles. The number of nitrogens with one attached hydrogen (secondary N) is 4. The quantitative estimate of drug-likeness (QED) is 0.0138. The van der Waals surface area contributed by atoms with E-state index in [0.717, 1.165) is 51.4 Å². The third-order valence-corrected chi connectivity index (χ3v) is 11.9. The van der Waals surface area contributed by atoms with Crippen LogP contribution in [0.15, 0.2) is 48.6 Å². The van der Waals surface area contributed by atoms with E-state index in [1.165, 1.54) is 102 Å². The van der Waals surface area contributed by atoms with Crippen molar-refractivity contribution in [3.05, 3.63) is 70.8 Å². The Bertz CT molecular complexity index is 1650. The van der Waals surface area contributed by atoms with Crippen LogP contribution in [0.1, 0.15) is 200 Å². The van der Waals surface area contributed by atoms with E-state index in [2.05, 4.69) is 59.4 Å². The van der Waals surface area contributed by atoms with Crippen LogP contribution in [0.5, 0.6) is 11.5 Å². The van der Waals surface area contributed by atoms with Gasteiger partial charge in [0.1, 0.15) is 24.7 Å². The predicted molar refractivity (Wildman–Crippen MR) is 268 cm³/mol. The summed E-state index contributed by atoms with van der Waals surface area (Å²) in [6, 6.07) is 5.84. The Kier molecular flexibility index (Phi) is 29.9. The van der Waals surface area contributed by atoms with Crippen LogP contribution >= 0.6 is 0 Å². The zero-order chi connectivity index (χ0) is 47.5. The maximum atomic E-state index is 13.9. The Hall–Kier alpha value is -4.68. The average Bonchev–Trinajstić information content (AvgIpc) is 3.31. The molecule has 0 aliphatic heterocycles. The minimum absolute atomic E-state index is 0.109. The minimum Gasteiger partial charge on any atom is -0.507 e. The van der Waals surface area contributed by atoms with Crippen molar-refractivity contribution >= 4 is 34.9 Å². The third-order valence-electron chi connectivity index (χ3n) is 11.9. The maximum Gasteiger partial charge on any atom is 0.305 e. The van der Waals surface area contributed by atoms with Crippen LogP contribution in [-0.4, -0.2) is 86.2 Å². The molecule has 0 amide bonds. The van der Waals surface area contributed by atoms with Gasteiger partial charge in [-0.15, -0.1) is 0 Å². The van der Waals surface area contributed by atoms with E-state index in [-0.39, 0.29) is 58.9 Å². The van der Waals surface area contributed by atoms with Crippen molar-refractivity contribution in [3.63, 3.8) is 0 Å². The molecule has 0 saturated heterocycles. The number of phenolic OH excluding ortho intramolecular Hbond substituents is 2. The molecule has 0 radical (unpaired) electrons. The molecule has 6 N–H and O–H groups in total. The monoisotopic (exact) mass is 917 g/mol. The molecular weight excluding hydrogens is 833 g/mol. The van der Waals surface area contributed by atoms with Gasteiger partial charge in [0.2, 0.25) is 11.6 Å². The van der Waals surface area contributed by atoms with Crippen LogP contribution in [0.25, 0.3) is 0 Å². The number of allylic oxidation sites excluding steroid dienone is 4. The molecule has 0 bridgehead atoms. The summed E-state index contributed by atoms with van der Waals surface area (Å²) >= 11 is 0. The van der Waals surface area contributed by atoms with Gasteiger partial charge in [0.05, 0.1) is 22.3 Å². The second kappa shape index (κ2) is 35.5. The number of aromatic hydroxyl groups is 2. The van der Waals surface area contributed by atoms with Crippen LogP contribution in [0.3, 0.4) is 0 Å². The number of ether oxygens (including phenoxy) is 2. The lowest BCUT2D eigenvalue weighted by Crippen LogP contribution is -2.29. The van der Waals surface area contributed by atoms with Crippen LogP contribution < -0.4 is 21.3 Å². The first-order chi connectivity index (χ1) is 32.3. The van der Waals surface area contributed by atoms with Crippen molar-refractivity contribution in [2.45, 2.75) is 168 Å². The van der Waals surface area contributed by atoms with Crippen molar-refractivity contribution in [2.75, 3.05) is 63.1 Å². The SMILES string of the molecule is CCCCCC/C=C/CCCCCCCC(=O)OCCNCCNc1ccc(NCCNCCOC(=O)CCCCCCC/C=C/CCCCCC)c2c1C(=O)c1c(O)ccc(O)c1C2=O. The zero-order valence-corrected chi connectivity index (χ0v) is 40.6. The number of rotatable bonds is 40. The van der Waals surface area contributed by atoms with Crippen LogP contribution in [0.4, 0.5) is 11.4 Å². The number of carbonyl (C=O) groups excluding carboxylic acids is 4. The number of anilines is 2. The molecule has 0 heterocycles. The number of esters is 2. The van der Waals surface area contributed by atoms with Gasteiger partial charge in [-0.3, -0.25) is 19.2 Å². The minimum atomic E-state index is -0.573. The summed E-state index contributed by atoms with van der Waals surface area (Å²) in [6.45, 7) is 7.68. The van der Waals surface area contributed by atoms with Crippen LogP contribution in [0, 0.1) is 0 Å². The van der Waals surface area contributed by atoms with Crippen molar-refractivity contribution < 1.29 is 38.9 Å². The molecule has 2 aromatic rings. The Balaban J connectivity index is 1.32. The molecule has 3 rings (SSSR count). The molecule has 1 aliphatic rings. The second-order valence-corrected chi connectivity index (χ2v) is 17.5. The highest BCUT2D eigenvalue weighted by molar-refractivity contribution is 6.33. The van der Waals surface area contributed by atoms with Crippen molar-refractivity contribution in [2.24, 2.45) is 0 Å². The van der Waals surface area contributed by atoms with E-state index in [9.17, 15) is 29.4 Å². The lowest BCUT2D eigenvalue weighted by atomic mass is 9.81. The average molecular weight is 917 g/mol. The molecule has 12 heteroatoms. The van der Waals surface area contributed by atoms with Gasteiger partial charge in [0.25, 0.3) is 0 Å². The summed E-state index contributed by atoms with van der Waals surface area (Å²) in [6.07, 6.45) is 35.9. The summed E-state index contributed by atoms with van der Waals surface area (Å²) in [4.78, 5) is 52.3. The van der Waals surface area contributed by atoms with Gasteiger partial charge < -0.3 is 41.0 Å². The van der Waals surface area contributed by atoms with Gasteiger partial charge in [-0.2, -0.15) is 0 Å². The Morgan fingerprint density at radius 2 is 0.803 bits per heavy atom. The van der Waals surface area contributed by atoms with Gasteiger partial charge >= 0.3 is 11.9 Å². The Labute approximate surface area is 396 Å². The maximum absolute atomic E-state index is 13.9. The van der Waals surface area contributed by atoms with Gasteiger partial charge in [-0.05, 0) is 88.5 Å². The molecule has 0 aromatic heterocycles. The van der Waals surface area contributed by atoms with Gasteiger partial charge in [0, 0.05) is 63.5 Å². The fourth-order valence-electron chi connectivity index (χ4n) is 8.07. The molecule has 0 atom stereocenters. The summed E-state index contributed by atoms with van der Waals surface area (Å²) in [5, 5.41) is 34.2. The van der Waals surface area contributed by atoms with Crippen LogP contribution in [-0.2, 0) is 19.1 Å². The van der Waals surface area contributed by atoms with Gasteiger partial charge in [-0.25, -0.2) is 0 Å². The molecule has 66 heavy (non-hydrogen) atoms. The largest absolute Gasteiger partial charge is 0.507 e. The smallest absolute Gasteiger partial charge is 0.305 e. The number of hydrogen-bond donors (Lipinski definition) is 6. The predicted octanol–water partition coefficient (Wildman–Crippen LogP) is 11.5. The van der Waals surface area contributed by atoms with Crippen molar-refractivity contribution in [1.29, 1.82) is 0 Å². The summed E-state index contributed by atoms with van der Waals surface area (Å²) < 4.78 is 10.8. The summed E-state index contributed by atoms with van der Waals surface area (Å²) in [5.74, 6) is -2.29. The lowest BCUT2D eigenvalue weighted by molar-refractivity contribution is -0.144. The van der Waals surface area contributed by atoms with Crippen molar-refractivity contribution in [3.8, 4) is 11.5 Å². The fraction of sp³-hybridized carbons (Fsp3) is 0.630. The highest BCUT2D eigenvalue weighted by atomic mass is 16.5. The van der Waals surface area contributed by atoms with E-state index < -0.39 is 11.6 Å². The molecule has 0 unspecified atom stereocenters. The van der Waals surface area contributed by atoms with E-state index in [0.29, 0.717) is 63.5 Å². The van der Waals surface area contributed by atoms with Gasteiger partial charge in [0.15, 0.2) is 0 Å². The molecule has 368 valence electrons. The molecular formula is C54H84N4O8. The first-order valence-electron chi connectivity index (χ1n) is 25.6. The van der Waals surface area contributed by atoms with E-state index in [4.69, 9.17) is 9.47 Å². The number of fused-ring (bicyclic) bond motifs is 2. The lowest BCUT2D eigenvalue weighted by Gasteiger charge is -2.25. The number of phenols is 2. The fourth-order valence-corrected chi connectivity index (χ4v) is 8.07. The molecule has 0 spiro atoms. The molecule has 0 fully saturated rings. The van der Waals surface area contributed by atoms with Gasteiger partial charge in [-0.1, -0.05) is 115 Å². The molecule has 2 aromatic carbocycles. The summed E-state index contributed by atoms with van der Waals surface area (Å²) in [5.41, 5.74) is 0.594. The third kappa shape index (κ3) is 22.2. The van der Waals surface area contributed by atoms with E-state index in [1.807, 2.05) is 0 Å². The number of unbranched alkanes of at least 4 members (excludes halogenated alkanes) is 18. The second-order valence-electron chi connectivity index (χ2n) is 17.5. The topological polar surface area (TPSA) is 175 Å². The van der Waals surface area contributed by atoms with E-state index in [1.54, 1.807) is 12.1 Å². The number of ketones is 2. The number of carbonyl (C=O) groups is 4. The highest BCUT2D eigenvalue weighted by Crippen LogP contribution is 2.42. The van der Waals surface area contributed by atoms with Crippen LogP contribution in [0.2, 0.25) is 0 Å². The van der Waals surface area contributed by atoms with E-state index >= 15 is 0 Å².